The Labute approximate surface area is 116 Å². The molecule has 0 radical (unpaired) electrons. The van der Waals surface area contributed by atoms with E-state index in [1.165, 1.54) is 23.5 Å². The van der Waals surface area contributed by atoms with Gasteiger partial charge in [-0.05, 0) is 45.9 Å². The number of hydrogen-bond acceptors (Lipinski definition) is 3. The molecule has 2 aromatic rings. The Hall–Kier alpha value is -1.42. The average molecular weight is 279 g/mol. The Kier molecular flexibility index (Phi) is 3.90. The van der Waals surface area contributed by atoms with Crippen molar-refractivity contribution < 1.29 is 4.39 Å². The molecule has 0 aliphatic rings. The van der Waals surface area contributed by atoms with Crippen LogP contribution in [-0.2, 0) is 0 Å². The molecule has 4 heteroatoms. The largest absolute Gasteiger partial charge is 0.363 e. The molecule has 0 bridgehead atoms. The third kappa shape index (κ3) is 2.63. The molecule has 0 aliphatic heterocycles. The lowest BCUT2D eigenvalue weighted by atomic mass is 10.2. The van der Waals surface area contributed by atoms with Crippen LogP contribution in [0.4, 0.5) is 10.1 Å². The lowest BCUT2D eigenvalue weighted by molar-refractivity contribution is 0.607. The average Bonchev–Trinajstić information content (AvgIpc) is 2.32. The van der Waals surface area contributed by atoms with Crippen LogP contribution in [0.25, 0.3) is 10.1 Å². The SMILES string of the molecule is CC(C)N(c1csc2ccc(F)cc2c1=O)C(C)C. The van der Waals surface area contributed by atoms with Crippen molar-refractivity contribution in [2.75, 3.05) is 4.90 Å². The molecule has 19 heavy (non-hydrogen) atoms. The van der Waals surface area contributed by atoms with E-state index in [2.05, 4.69) is 32.6 Å². The third-order valence-electron chi connectivity index (χ3n) is 3.11. The maximum atomic E-state index is 13.3. The molecule has 0 aliphatic carbocycles. The molecule has 0 fully saturated rings. The summed E-state index contributed by atoms with van der Waals surface area (Å²) in [6.45, 7) is 8.22. The molecule has 0 saturated heterocycles. The first kappa shape index (κ1) is 14.0. The number of halogens is 1. The lowest BCUT2D eigenvalue weighted by Crippen LogP contribution is -2.39. The molecule has 1 aromatic heterocycles. The van der Waals surface area contributed by atoms with E-state index < -0.39 is 0 Å². The van der Waals surface area contributed by atoms with Crippen LogP contribution in [0.15, 0.2) is 28.4 Å². The van der Waals surface area contributed by atoms with Crippen LogP contribution in [0.1, 0.15) is 27.7 Å². The van der Waals surface area contributed by atoms with Gasteiger partial charge in [0.2, 0.25) is 5.43 Å². The van der Waals surface area contributed by atoms with Crippen LogP contribution in [0.2, 0.25) is 0 Å². The first-order valence-corrected chi connectivity index (χ1v) is 7.29. The second kappa shape index (κ2) is 5.29. The van der Waals surface area contributed by atoms with Crippen LogP contribution < -0.4 is 10.3 Å². The molecule has 0 saturated carbocycles. The predicted molar refractivity (Wildman–Crippen MR) is 80.8 cm³/mol. The van der Waals surface area contributed by atoms with E-state index >= 15 is 0 Å². The van der Waals surface area contributed by atoms with Crippen LogP contribution in [0, 0.1) is 5.82 Å². The van der Waals surface area contributed by atoms with Crippen molar-refractivity contribution in [2.24, 2.45) is 0 Å². The van der Waals surface area contributed by atoms with Gasteiger partial charge in [-0.2, -0.15) is 0 Å². The van der Waals surface area contributed by atoms with Gasteiger partial charge in [-0.25, -0.2) is 4.39 Å². The van der Waals surface area contributed by atoms with E-state index in [4.69, 9.17) is 0 Å². The van der Waals surface area contributed by atoms with Crippen molar-refractivity contribution in [1.29, 1.82) is 0 Å². The highest BCUT2D eigenvalue weighted by Crippen LogP contribution is 2.24. The minimum absolute atomic E-state index is 0.0874. The Balaban J connectivity index is 2.68. The first-order valence-electron chi connectivity index (χ1n) is 6.41. The fourth-order valence-corrected chi connectivity index (χ4v) is 3.32. The van der Waals surface area contributed by atoms with Gasteiger partial charge in [0.15, 0.2) is 0 Å². The van der Waals surface area contributed by atoms with Gasteiger partial charge in [-0.3, -0.25) is 4.79 Å². The molecular weight excluding hydrogens is 261 g/mol. The summed E-state index contributed by atoms with van der Waals surface area (Å²) in [7, 11) is 0. The highest BCUT2D eigenvalue weighted by Gasteiger charge is 2.18. The summed E-state index contributed by atoms with van der Waals surface area (Å²) >= 11 is 1.48. The monoisotopic (exact) mass is 279 g/mol. The van der Waals surface area contributed by atoms with E-state index in [9.17, 15) is 9.18 Å². The van der Waals surface area contributed by atoms with Gasteiger partial charge in [0.05, 0.1) is 5.69 Å². The second-order valence-electron chi connectivity index (χ2n) is 5.19. The molecule has 2 rings (SSSR count). The van der Waals surface area contributed by atoms with Crippen LogP contribution in [0.5, 0.6) is 0 Å². The molecule has 0 unspecified atom stereocenters. The van der Waals surface area contributed by atoms with Gasteiger partial charge in [-0.15, -0.1) is 11.3 Å². The minimum atomic E-state index is -0.366. The van der Waals surface area contributed by atoms with Crippen LogP contribution in [0.3, 0.4) is 0 Å². The number of benzene rings is 1. The Bertz CT molecular complexity index is 640. The van der Waals surface area contributed by atoms with Gasteiger partial charge in [0, 0.05) is 27.5 Å². The van der Waals surface area contributed by atoms with E-state index in [0.29, 0.717) is 11.1 Å². The maximum Gasteiger partial charge on any atom is 0.211 e. The normalized spacial score (nSPS) is 11.5. The fraction of sp³-hybridized carbons (Fsp3) is 0.400. The van der Waals surface area contributed by atoms with Gasteiger partial charge in [-0.1, -0.05) is 0 Å². The molecule has 0 N–H and O–H groups in total. The number of rotatable bonds is 3. The topological polar surface area (TPSA) is 20.3 Å². The lowest BCUT2D eigenvalue weighted by Gasteiger charge is -2.32. The molecule has 0 atom stereocenters. The quantitative estimate of drug-likeness (QED) is 0.845. The molecule has 0 amide bonds. The summed E-state index contributed by atoms with van der Waals surface area (Å²) < 4.78 is 14.1. The first-order chi connectivity index (χ1) is 8.91. The van der Waals surface area contributed by atoms with Crippen molar-refractivity contribution in [3.8, 4) is 0 Å². The molecule has 0 spiro atoms. The van der Waals surface area contributed by atoms with E-state index in [1.807, 2.05) is 5.38 Å². The summed E-state index contributed by atoms with van der Waals surface area (Å²) in [5.74, 6) is -0.366. The standard InChI is InChI=1S/C15H18FNOS/c1-9(2)17(10(3)4)13-8-19-14-6-5-11(16)7-12(14)15(13)18/h5-10H,1-4H3. The number of hydrogen-bond donors (Lipinski definition) is 0. The van der Waals surface area contributed by atoms with Gasteiger partial charge >= 0.3 is 0 Å². The summed E-state index contributed by atoms with van der Waals surface area (Å²) in [5, 5.41) is 2.34. The van der Waals surface area contributed by atoms with Crippen molar-refractivity contribution in [3.63, 3.8) is 0 Å². The van der Waals surface area contributed by atoms with E-state index in [0.717, 1.165) is 4.70 Å². The fourth-order valence-electron chi connectivity index (χ4n) is 2.42. The van der Waals surface area contributed by atoms with Crippen molar-refractivity contribution in [1.82, 2.24) is 0 Å². The van der Waals surface area contributed by atoms with Crippen LogP contribution in [-0.4, -0.2) is 12.1 Å². The van der Waals surface area contributed by atoms with Gasteiger partial charge in [0.1, 0.15) is 5.82 Å². The summed E-state index contributed by atoms with van der Waals surface area (Å²) in [5.41, 5.74) is 0.573. The van der Waals surface area contributed by atoms with Crippen LogP contribution >= 0.6 is 11.3 Å². The number of anilines is 1. The Morgan fingerprint density at radius 1 is 1.16 bits per heavy atom. The molecule has 1 aromatic carbocycles. The smallest absolute Gasteiger partial charge is 0.211 e. The number of fused-ring (bicyclic) bond motifs is 1. The summed E-state index contributed by atoms with van der Waals surface area (Å²) in [6.07, 6.45) is 0. The third-order valence-corrected chi connectivity index (χ3v) is 4.06. The van der Waals surface area contributed by atoms with E-state index in [1.54, 1.807) is 6.07 Å². The maximum absolute atomic E-state index is 13.3. The molecule has 2 nitrogen and oxygen atoms in total. The highest BCUT2D eigenvalue weighted by molar-refractivity contribution is 7.16. The zero-order valence-electron chi connectivity index (χ0n) is 11.6. The molecule has 102 valence electrons. The summed E-state index contributed by atoms with van der Waals surface area (Å²) in [4.78, 5) is 14.6. The minimum Gasteiger partial charge on any atom is -0.363 e. The molecule has 1 heterocycles. The van der Waals surface area contributed by atoms with Crippen molar-refractivity contribution >= 4 is 27.1 Å². The number of nitrogens with zero attached hydrogens (tertiary/aromatic N) is 1. The summed E-state index contributed by atoms with van der Waals surface area (Å²) in [6, 6.07) is 4.84. The Morgan fingerprint density at radius 2 is 1.79 bits per heavy atom. The second-order valence-corrected chi connectivity index (χ2v) is 6.10. The highest BCUT2D eigenvalue weighted by atomic mass is 32.1. The zero-order chi connectivity index (χ0) is 14.2. The zero-order valence-corrected chi connectivity index (χ0v) is 12.4. The van der Waals surface area contributed by atoms with Gasteiger partial charge < -0.3 is 4.90 Å². The van der Waals surface area contributed by atoms with Gasteiger partial charge in [0.25, 0.3) is 0 Å². The van der Waals surface area contributed by atoms with E-state index in [-0.39, 0.29) is 23.3 Å². The van der Waals surface area contributed by atoms with Crippen molar-refractivity contribution in [3.05, 3.63) is 39.6 Å². The Morgan fingerprint density at radius 3 is 2.37 bits per heavy atom. The predicted octanol–water partition coefficient (Wildman–Crippen LogP) is 4.02. The molecular formula is C15H18FNOS. The van der Waals surface area contributed by atoms with Crippen molar-refractivity contribution in [2.45, 2.75) is 39.8 Å².